The van der Waals surface area contributed by atoms with Gasteiger partial charge in [0.15, 0.2) is 17.4 Å². The molecule has 0 aliphatic heterocycles. The third-order valence-electron chi connectivity index (χ3n) is 2.54. The van der Waals surface area contributed by atoms with Gasteiger partial charge < -0.3 is 10.5 Å². The first-order chi connectivity index (χ1) is 9.11. The normalized spacial score (nSPS) is 10.5. The van der Waals surface area contributed by atoms with Gasteiger partial charge in [-0.2, -0.15) is 0 Å². The lowest BCUT2D eigenvalue weighted by Crippen LogP contribution is -2.04. The maximum Gasteiger partial charge on any atom is 0.198 e. The number of nitrogens with two attached hydrogens (primary N) is 1. The summed E-state index contributed by atoms with van der Waals surface area (Å²) in [6.45, 7) is 0.323. The second-order valence-electron chi connectivity index (χ2n) is 3.96. The first-order valence-corrected chi connectivity index (χ1v) is 6.10. The number of para-hydroxylation sites is 1. The Hall–Kier alpha value is -1.65. The summed E-state index contributed by atoms with van der Waals surface area (Å²) in [5.41, 5.74) is 5.84. The van der Waals surface area contributed by atoms with Gasteiger partial charge in [-0.3, -0.25) is 0 Å². The van der Waals surface area contributed by atoms with E-state index < -0.39 is 17.4 Å². The molecule has 0 aliphatic rings. The van der Waals surface area contributed by atoms with E-state index in [4.69, 9.17) is 22.1 Å². The summed E-state index contributed by atoms with van der Waals surface area (Å²) in [7, 11) is 0. The van der Waals surface area contributed by atoms with E-state index in [9.17, 15) is 8.78 Å². The van der Waals surface area contributed by atoms with E-state index in [-0.39, 0.29) is 10.8 Å². The van der Waals surface area contributed by atoms with Gasteiger partial charge in [-0.1, -0.05) is 23.7 Å². The Morgan fingerprint density at radius 3 is 2.32 bits per heavy atom. The van der Waals surface area contributed by atoms with Crippen LogP contribution in [0.25, 0.3) is 0 Å². The van der Waals surface area contributed by atoms with Crippen molar-refractivity contribution >= 4 is 11.6 Å². The van der Waals surface area contributed by atoms with E-state index in [0.29, 0.717) is 18.5 Å². The molecule has 2 nitrogen and oxygen atoms in total. The highest BCUT2D eigenvalue weighted by Gasteiger charge is 2.14. The lowest BCUT2D eigenvalue weighted by molar-refractivity contribution is 0.406. The van der Waals surface area contributed by atoms with Crippen molar-refractivity contribution in [3.05, 3.63) is 58.6 Å². The van der Waals surface area contributed by atoms with E-state index >= 15 is 0 Å². The average Bonchev–Trinajstić information content (AvgIpc) is 2.36. The molecule has 19 heavy (non-hydrogen) atoms. The van der Waals surface area contributed by atoms with Crippen molar-refractivity contribution < 1.29 is 13.5 Å². The smallest absolute Gasteiger partial charge is 0.198 e. The standard InChI is InChI=1S/C14H12ClF2NO/c15-10-3-1-2-4-13(10)19-14-11(16)7-9(5-6-18)8-12(14)17/h1-4,7-8H,5-6,18H2. The van der Waals surface area contributed by atoms with Gasteiger partial charge in [0.05, 0.1) is 5.02 Å². The van der Waals surface area contributed by atoms with Gasteiger partial charge in [-0.25, -0.2) is 8.78 Å². The van der Waals surface area contributed by atoms with Crippen molar-refractivity contribution in [1.29, 1.82) is 0 Å². The molecule has 0 spiro atoms. The Morgan fingerprint density at radius 1 is 1.11 bits per heavy atom. The molecule has 100 valence electrons. The summed E-state index contributed by atoms with van der Waals surface area (Å²) < 4.78 is 32.8. The number of ether oxygens (including phenoxy) is 1. The van der Waals surface area contributed by atoms with E-state index in [1.54, 1.807) is 18.2 Å². The highest BCUT2D eigenvalue weighted by molar-refractivity contribution is 6.32. The quantitative estimate of drug-likeness (QED) is 0.923. The van der Waals surface area contributed by atoms with Gasteiger partial charge in [-0.15, -0.1) is 0 Å². The molecule has 2 aromatic rings. The topological polar surface area (TPSA) is 35.2 Å². The first-order valence-electron chi connectivity index (χ1n) is 5.72. The van der Waals surface area contributed by atoms with Crippen LogP contribution in [0.2, 0.25) is 5.02 Å². The van der Waals surface area contributed by atoms with Crippen LogP contribution in [-0.4, -0.2) is 6.54 Å². The zero-order chi connectivity index (χ0) is 13.8. The molecule has 5 heteroatoms. The maximum atomic E-state index is 13.8. The number of hydrogen-bond acceptors (Lipinski definition) is 2. The maximum absolute atomic E-state index is 13.8. The zero-order valence-electron chi connectivity index (χ0n) is 10.00. The highest BCUT2D eigenvalue weighted by atomic mass is 35.5. The molecule has 0 saturated carbocycles. The summed E-state index contributed by atoms with van der Waals surface area (Å²) in [6, 6.07) is 8.90. The second kappa shape index (κ2) is 5.99. The Kier molecular flexibility index (Phi) is 4.35. The predicted molar refractivity (Wildman–Crippen MR) is 70.6 cm³/mol. The van der Waals surface area contributed by atoms with E-state index in [1.165, 1.54) is 18.2 Å². The van der Waals surface area contributed by atoms with Crippen LogP contribution in [0, 0.1) is 11.6 Å². The van der Waals surface area contributed by atoms with Crippen LogP contribution >= 0.6 is 11.6 Å². The van der Waals surface area contributed by atoms with Gasteiger partial charge in [0, 0.05) is 0 Å². The Labute approximate surface area is 114 Å². The van der Waals surface area contributed by atoms with Crippen LogP contribution in [0.15, 0.2) is 36.4 Å². The molecule has 0 saturated heterocycles. The molecule has 0 amide bonds. The second-order valence-corrected chi connectivity index (χ2v) is 4.37. The lowest BCUT2D eigenvalue weighted by atomic mass is 10.1. The van der Waals surface area contributed by atoms with E-state index in [1.807, 2.05) is 0 Å². The van der Waals surface area contributed by atoms with Crippen LogP contribution in [-0.2, 0) is 6.42 Å². The summed E-state index contributed by atoms with van der Waals surface area (Å²) in [5.74, 6) is -1.81. The van der Waals surface area contributed by atoms with Gasteiger partial charge in [-0.05, 0) is 42.8 Å². The van der Waals surface area contributed by atoms with E-state index in [0.717, 1.165) is 0 Å². The van der Waals surface area contributed by atoms with Gasteiger partial charge in [0.2, 0.25) is 0 Å². The van der Waals surface area contributed by atoms with Crippen LogP contribution in [0.1, 0.15) is 5.56 Å². The van der Waals surface area contributed by atoms with Crippen LogP contribution < -0.4 is 10.5 Å². The molecule has 2 aromatic carbocycles. The number of benzene rings is 2. The van der Waals surface area contributed by atoms with Crippen LogP contribution in [0.5, 0.6) is 11.5 Å². The monoisotopic (exact) mass is 283 g/mol. The minimum absolute atomic E-state index is 0.202. The zero-order valence-corrected chi connectivity index (χ0v) is 10.8. The SMILES string of the molecule is NCCc1cc(F)c(Oc2ccccc2Cl)c(F)c1. The third kappa shape index (κ3) is 3.22. The Morgan fingerprint density at radius 2 is 1.74 bits per heavy atom. The minimum atomic E-state index is -0.775. The lowest BCUT2D eigenvalue weighted by Gasteiger charge is -2.10. The van der Waals surface area contributed by atoms with Gasteiger partial charge in [0.1, 0.15) is 5.75 Å². The van der Waals surface area contributed by atoms with Crippen molar-refractivity contribution in [2.75, 3.05) is 6.54 Å². The molecular formula is C14H12ClF2NO. The van der Waals surface area contributed by atoms with Crippen molar-refractivity contribution in [2.24, 2.45) is 5.73 Å². The minimum Gasteiger partial charge on any atom is -0.450 e. The van der Waals surface area contributed by atoms with Gasteiger partial charge >= 0.3 is 0 Å². The molecule has 0 unspecified atom stereocenters. The molecular weight excluding hydrogens is 272 g/mol. The molecule has 2 N–H and O–H groups in total. The number of rotatable bonds is 4. The summed E-state index contributed by atoms with van der Waals surface area (Å²) >= 11 is 5.87. The average molecular weight is 284 g/mol. The van der Waals surface area contributed by atoms with Crippen molar-refractivity contribution in [3.8, 4) is 11.5 Å². The number of hydrogen-bond donors (Lipinski definition) is 1. The molecule has 0 fully saturated rings. The first kappa shape index (κ1) is 13.8. The highest BCUT2D eigenvalue weighted by Crippen LogP contribution is 2.32. The molecule has 0 aliphatic carbocycles. The van der Waals surface area contributed by atoms with E-state index in [2.05, 4.69) is 0 Å². The molecule has 0 aromatic heterocycles. The van der Waals surface area contributed by atoms with Crippen molar-refractivity contribution in [1.82, 2.24) is 0 Å². The third-order valence-corrected chi connectivity index (χ3v) is 2.85. The fourth-order valence-corrected chi connectivity index (χ4v) is 1.83. The molecule has 0 heterocycles. The van der Waals surface area contributed by atoms with Crippen LogP contribution in [0.3, 0.4) is 0 Å². The van der Waals surface area contributed by atoms with Crippen molar-refractivity contribution in [3.63, 3.8) is 0 Å². The summed E-state index contributed by atoms with van der Waals surface area (Å²) in [6.07, 6.45) is 0.403. The molecule has 0 bridgehead atoms. The fraction of sp³-hybridized carbons (Fsp3) is 0.143. The van der Waals surface area contributed by atoms with Crippen LogP contribution in [0.4, 0.5) is 8.78 Å². The molecule has 0 atom stereocenters. The summed E-state index contributed by atoms with van der Waals surface area (Å²) in [4.78, 5) is 0. The van der Waals surface area contributed by atoms with Crippen molar-refractivity contribution in [2.45, 2.75) is 6.42 Å². The fourth-order valence-electron chi connectivity index (χ4n) is 1.66. The predicted octanol–water partition coefficient (Wildman–Crippen LogP) is 3.91. The molecule has 0 radical (unpaired) electrons. The summed E-state index contributed by atoms with van der Waals surface area (Å²) in [5, 5.41) is 0.285. The largest absolute Gasteiger partial charge is 0.450 e. The Bertz CT molecular complexity index is 566. The van der Waals surface area contributed by atoms with Gasteiger partial charge in [0.25, 0.3) is 0 Å². The number of halogens is 3. The Balaban J connectivity index is 2.33. The molecule has 2 rings (SSSR count).